The van der Waals surface area contributed by atoms with Crippen molar-refractivity contribution in [1.29, 1.82) is 0 Å². The van der Waals surface area contributed by atoms with E-state index in [4.69, 9.17) is 9.47 Å². The first-order valence-electron chi connectivity index (χ1n) is 9.25. The molecule has 0 radical (unpaired) electrons. The minimum atomic E-state index is -4.37. The minimum Gasteiger partial charge on any atom is -0.489 e. The Morgan fingerprint density at radius 1 is 1.33 bits per heavy atom. The van der Waals surface area contributed by atoms with E-state index in [0.29, 0.717) is 32.0 Å². The number of likely N-dealkylation sites (N-methyl/N-ethyl adjacent to an activating group) is 1. The van der Waals surface area contributed by atoms with Crippen LogP contribution in [0.25, 0.3) is 0 Å². The maximum absolute atomic E-state index is 12.7. The van der Waals surface area contributed by atoms with E-state index in [1.165, 1.54) is 12.1 Å². The van der Waals surface area contributed by atoms with Crippen LogP contribution in [-0.2, 0) is 10.9 Å². The Labute approximate surface area is 157 Å². The molecule has 0 spiro atoms. The molecule has 1 fully saturated rings. The molecule has 1 heterocycles. The fourth-order valence-electron chi connectivity index (χ4n) is 3.05. The van der Waals surface area contributed by atoms with Gasteiger partial charge in [0, 0.05) is 25.6 Å². The van der Waals surface area contributed by atoms with Crippen LogP contribution in [0.1, 0.15) is 31.7 Å². The van der Waals surface area contributed by atoms with Crippen molar-refractivity contribution in [3.63, 3.8) is 0 Å². The van der Waals surface area contributed by atoms with Gasteiger partial charge < -0.3 is 19.7 Å². The number of nitrogens with one attached hydrogen (secondary N) is 1. The average Bonchev–Trinajstić information content (AvgIpc) is 3.11. The van der Waals surface area contributed by atoms with Gasteiger partial charge in [0.15, 0.2) is 0 Å². The lowest BCUT2D eigenvalue weighted by molar-refractivity contribution is -0.137. The summed E-state index contributed by atoms with van der Waals surface area (Å²) in [6.45, 7) is 4.08. The van der Waals surface area contributed by atoms with E-state index >= 15 is 0 Å². The summed E-state index contributed by atoms with van der Waals surface area (Å²) in [4.78, 5) is 13.7. The van der Waals surface area contributed by atoms with Gasteiger partial charge in [0.05, 0.1) is 12.2 Å². The van der Waals surface area contributed by atoms with Crippen molar-refractivity contribution in [2.75, 3.05) is 33.3 Å². The largest absolute Gasteiger partial charge is 0.489 e. The second-order valence-electron chi connectivity index (χ2n) is 6.70. The Morgan fingerprint density at radius 3 is 2.63 bits per heavy atom. The van der Waals surface area contributed by atoms with Gasteiger partial charge in [-0.3, -0.25) is 0 Å². The lowest BCUT2D eigenvalue weighted by Gasteiger charge is -2.25. The van der Waals surface area contributed by atoms with Crippen molar-refractivity contribution in [1.82, 2.24) is 10.2 Å². The number of rotatable bonds is 8. The van der Waals surface area contributed by atoms with Gasteiger partial charge in [0.2, 0.25) is 0 Å². The van der Waals surface area contributed by atoms with Gasteiger partial charge in [-0.15, -0.1) is 0 Å². The molecule has 0 aromatic heterocycles. The normalized spacial score (nSPS) is 18.4. The molecule has 5 nitrogen and oxygen atoms in total. The van der Waals surface area contributed by atoms with E-state index in [-0.39, 0.29) is 18.1 Å². The summed E-state index contributed by atoms with van der Waals surface area (Å²) in [5.41, 5.74) is -0.707. The summed E-state index contributed by atoms with van der Waals surface area (Å²) < 4.78 is 49.2. The SMILES string of the molecule is CCCCOC(=O)N1CC[C@H]([C@@H](CNC)Oc2ccc(C(F)(F)F)cc2)C1. The van der Waals surface area contributed by atoms with Gasteiger partial charge in [-0.1, -0.05) is 13.3 Å². The van der Waals surface area contributed by atoms with Crippen LogP contribution >= 0.6 is 0 Å². The molecule has 0 saturated carbocycles. The zero-order valence-electron chi connectivity index (χ0n) is 15.7. The number of unbranched alkanes of at least 4 members (excludes halogenated alkanes) is 1. The Kier molecular flexibility index (Phi) is 7.77. The molecule has 1 aromatic carbocycles. The third kappa shape index (κ3) is 6.30. The first kappa shape index (κ1) is 21.3. The average molecular weight is 388 g/mol. The number of halogens is 3. The highest BCUT2D eigenvalue weighted by Crippen LogP contribution is 2.31. The Hall–Kier alpha value is -1.96. The van der Waals surface area contributed by atoms with Crippen LogP contribution in [0.5, 0.6) is 5.75 Å². The first-order chi connectivity index (χ1) is 12.8. The number of likely N-dealkylation sites (tertiary alicyclic amines) is 1. The molecular formula is C19H27F3N2O3. The molecule has 1 N–H and O–H groups in total. The lowest BCUT2D eigenvalue weighted by atomic mass is 10.0. The monoisotopic (exact) mass is 388 g/mol. The number of alkyl halides is 3. The van der Waals surface area contributed by atoms with E-state index in [2.05, 4.69) is 5.32 Å². The number of hydrogen-bond donors (Lipinski definition) is 1. The topological polar surface area (TPSA) is 50.8 Å². The zero-order chi connectivity index (χ0) is 19.9. The predicted octanol–water partition coefficient (Wildman–Crippen LogP) is 3.93. The molecule has 1 aromatic rings. The molecule has 27 heavy (non-hydrogen) atoms. The van der Waals surface area contributed by atoms with Crippen molar-refractivity contribution in [3.05, 3.63) is 29.8 Å². The first-order valence-corrected chi connectivity index (χ1v) is 9.25. The van der Waals surface area contributed by atoms with E-state index in [1.807, 2.05) is 6.92 Å². The highest BCUT2D eigenvalue weighted by atomic mass is 19.4. The van der Waals surface area contributed by atoms with Crippen molar-refractivity contribution in [2.24, 2.45) is 5.92 Å². The number of carbonyl (C=O) groups excluding carboxylic acids is 1. The summed E-state index contributed by atoms with van der Waals surface area (Å²) in [5, 5.41) is 3.05. The zero-order valence-corrected chi connectivity index (χ0v) is 15.7. The smallest absolute Gasteiger partial charge is 0.416 e. The maximum atomic E-state index is 12.7. The standard InChI is InChI=1S/C19H27F3N2O3/c1-3-4-11-26-18(25)24-10-9-14(13-24)17(12-23-2)27-16-7-5-15(6-8-16)19(20,21)22/h5-8,14,17,23H,3-4,9-13H2,1-2H3/t14-,17+/m0/s1. The third-order valence-electron chi connectivity index (χ3n) is 4.61. The molecule has 1 amide bonds. The summed E-state index contributed by atoms with van der Waals surface area (Å²) in [6.07, 6.45) is -2.38. The number of ether oxygens (including phenoxy) is 2. The van der Waals surface area contributed by atoms with Crippen LogP contribution in [0.15, 0.2) is 24.3 Å². The molecule has 2 atom stereocenters. The molecule has 1 saturated heterocycles. The van der Waals surface area contributed by atoms with Crippen LogP contribution in [-0.4, -0.2) is 50.4 Å². The van der Waals surface area contributed by atoms with E-state index in [1.54, 1.807) is 11.9 Å². The second kappa shape index (κ2) is 9.82. The highest BCUT2D eigenvalue weighted by molar-refractivity contribution is 5.67. The molecule has 0 aliphatic carbocycles. The minimum absolute atomic E-state index is 0.0819. The van der Waals surface area contributed by atoms with Gasteiger partial charge in [0.25, 0.3) is 0 Å². The van der Waals surface area contributed by atoms with Gasteiger partial charge in [-0.25, -0.2) is 4.79 Å². The van der Waals surface area contributed by atoms with Crippen LogP contribution in [0.4, 0.5) is 18.0 Å². The molecular weight excluding hydrogens is 361 g/mol. The second-order valence-corrected chi connectivity index (χ2v) is 6.70. The summed E-state index contributed by atoms with van der Waals surface area (Å²) in [5.74, 6) is 0.464. The molecule has 1 aliphatic rings. The Balaban J connectivity index is 1.94. The van der Waals surface area contributed by atoms with Crippen LogP contribution in [0, 0.1) is 5.92 Å². The molecule has 0 unspecified atom stereocenters. The fraction of sp³-hybridized carbons (Fsp3) is 0.632. The number of nitrogens with zero attached hydrogens (tertiary/aromatic N) is 1. The number of benzene rings is 1. The Bertz CT molecular complexity index is 593. The molecule has 1 aliphatic heterocycles. The van der Waals surface area contributed by atoms with Crippen LogP contribution in [0.3, 0.4) is 0 Å². The van der Waals surface area contributed by atoms with Crippen molar-refractivity contribution in [2.45, 2.75) is 38.5 Å². The quantitative estimate of drug-likeness (QED) is 0.686. The van der Waals surface area contributed by atoms with Crippen molar-refractivity contribution >= 4 is 6.09 Å². The number of hydrogen-bond acceptors (Lipinski definition) is 4. The highest BCUT2D eigenvalue weighted by Gasteiger charge is 2.34. The number of carbonyl (C=O) groups is 1. The molecule has 8 heteroatoms. The Morgan fingerprint density at radius 2 is 2.04 bits per heavy atom. The summed E-state index contributed by atoms with van der Waals surface area (Å²) in [6, 6.07) is 4.68. The third-order valence-corrected chi connectivity index (χ3v) is 4.61. The molecule has 2 rings (SSSR count). The maximum Gasteiger partial charge on any atom is 0.416 e. The van der Waals surface area contributed by atoms with Gasteiger partial charge in [-0.05, 0) is 44.2 Å². The van der Waals surface area contributed by atoms with Crippen molar-refractivity contribution in [3.8, 4) is 5.75 Å². The van der Waals surface area contributed by atoms with Crippen molar-refractivity contribution < 1.29 is 27.4 Å². The van der Waals surface area contributed by atoms with Gasteiger partial charge in [0.1, 0.15) is 11.9 Å². The fourth-order valence-corrected chi connectivity index (χ4v) is 3.05. The van der Waals surface area contributed by atoms with Gasteiger partial charge >= 0.3 is 12.3 Å². The van der Waals surface area contributed by atoms with E-state index in [0.717, 1.165) is 31.4 Å². The van der Waals surface area contributed by atoms with Crippen LogP contribution in [0.2, 0.25) is 0 Å². The number of amides is 1. The summed E-state index contributed by atoms with van der Waals surface area (Å²) in [7, 11) is 1.79. The van der Waals surface area contributed by atoms with E-state index < -0.39 is 11.7 Å². The summed E-state index contributed by atoms with van der Waals surface area (Å²) >= 11 is 0. The van der Waals surface area contributed by atoms with Gasteiger partial charge in [-0.2, -0.15) is 13.2 Å². The predicted molar refractivity (Wildman–Crippen MR) is 95.7 cm³/mol. The lowest BCUT2D eigenvalue weighted by Crippen LogP contribution is -2.38. The molecule has 0 bridgehead atoms. The van der Waals surface area contributed by atoms with E-state index in [9.17, 15) is 18.0 Å². The molecule has 152 valence electrons. The van der Waals surface area contributed by atoms with Crippen LogP contribution < -0.4 is 10.1 Å².